The molecular weight excluding hydrogens is 399 g/mol. The average molecular weight is 422 g/mol. The van der Waals surface area contributed by atoms with Crippen molar-refractivity contribution in [1.29, 1.82) is 0 Å². The molecule has 3 aromatic rings. The maximum Gasteiger partial charge on any atom is 0.229 e. The van der Waals surface area contributed by atoms with Crippen LogP contribution in [0.2, 0.25) is 0 Å². The minimum Gasteiger partial charge on any atom is -0.497 e. The number of ether oxygens (including phenoxy) is 2. The van der Waals surface area contributed by atoms with Gasteiger partial charge in [0.2, 0.25) is 5.91 Å². The fraction of sp³-hybridized carbons (Fsp3) is 0.304. The molecule has 2 heterocycles. The third-order valence-corrected chi connectivity index (χ3v) is 5.56. The van der Waals surface area contributed by atoms with E-state index in [1.54, 1.807) is 13.3 Å². The second-order valence-corrected chi connectivity index (χ2v) is 7.65. The molecule has 0 saturated heterocycles. The number of nitrogens with one attached hydrogen (secondary N) is 1. The van der Waals surface area contributed by atoms with Crippen molar-refractivity contribution in [2.45, 2.75) is 25.7 Å². The normalized spacial score (nSPS) is 19.5. The Hall–Kier alpha value is -3.55. The van der Waals surface area contributed by atoms with Crippen molar-refractivity contribution in [3.8, 4) is 11.5 Å². The number of methoxy groups -OCH3 is 1. The summed E-state index contributed by atoms with van der Waals surface area (Å²) < 4.78 is 24.6. The standard InChI is InChI=1S/C23H23FN4O3/c1-14-20(12-25-15(2)27-14)31-13-23(16-5-4-6-18(9-16)30-3)10-19(23)22(29)28-21-8-7-17(24)11-26-21/h4-9,11-12,19H,10,13H2,1-3H3,(H,26,28,29)/t19-,23+/m0/s1. The molecule has 4 rings (SSSR count). The van der Waals surface area contributed by atoms with Gasteiger partial charge in [-0.05, 0) is 50.1 Å². The minimum atomic E-state index is -0.532. The third kappa shape index (κ3) is 4.33. The van der Waals surface area contributed by atoms with E-state index in [4.69, 9.17) is 9.47 Å². The van der Waals surface area contributed by atoms with Gasteiger partial charge in [-0.25, -0.2) is 19.3 Å². The lowest BCUT2D eigenvalue weighted by molar-refractivity contribution is -0.117. The molecule has 31 heavy (non-hydrogen) atoms. The Morgan fingerprint density at radius 3 is 2.77 bits per heavy atom. The number of benzene rings is 1. The fourth-order valence-electron chi connectivity index (χ4n) is 3.73. The van der Waals surface area contributed by atoms with Crippen LogP contribution >= 0.6 is 0 Å². The van der Waals surface area contributed by atoms with Crippen LogP contribution in [0.4, 0.5) is 10.2 Å². The quantitative estimate of drug-likeness (QED) is 0.626. The number of halogens is 1. The monoisotopic (exact) mass is 422 g/mol. The van der Waals surface area contributed by atoms with Crippen LogP contribution in [0.25, 0.3) is 0 Å². The largest absolute Gasteiger partial charge is 0.497 e. The Bertz CT molecular complexity index is 1110. The Kier molecular flexibility index (Phi) is 5.54. The van der Waals surface area contributed by atoms with Crippen molar-refractivity contribution >= 4 is 11.7 Å². The number of amides is 1. The first kappa shape index (κ1) is 20.7. The number of hydrogen-bond acceptors (Lipinski definition) is 6. The molecular formula is C23H23FN4O3. The zero-order valence-electron chi connectivity index (χ0n) is 17.6. The first-order valence-corrected chi connectivity index (χ1v) is 9.91. The van der Waals surface area contributed by atoms with Gasteiger partial charge in [0.25, 0.3) is 0 Å². The summed E-state index contributed by atoms with van der Waals surface area (Å²) in [6, 6.07) is 10.3. The number of aromatic nitrogens is 3. The van der Waals surface area contributed by atoms with Gasteiger partial charge in [-0.2, -0.15) is 0 Å². The van der Waals surface area contributed by atoms with Gasteiger partial charge in [0.05, 0.1) is 37.7 Å². The molecule has 2 aromatic heterocycles. The van der Waals surface area contributed by atoms with Crippen molar-refractivity contribution in [2.75, 3.05) is 19.0 Å². The Balaban J connectivity index is 1.58. The summed E-state index contributed by atoms with van der Waals surface area (Å²) in [6.45, 7) is 3.96. The summed E-state index contributed by atoms with van der Waals surface area (Å²) in [6.07, 6.45) is 3.32. The molecule has 1 amide bonds. The van der Waals surface area contributed by atoms with E-state index in [0.717, 1.165) is 17.5 Å². The molecule has 1 aliphatic rings. The predicted octanol–water partition coefficient (Wildman–Crippen LogP) is 3.61. The van der Waals surface area contributed by atoms with Crippen LogP contribution in [0.5, 0.6) is 11.5 Å². The van der Waals surface area contributed by atoms with Crippen LogP contribution in [-0.2, 0) is 10.2 Å². The van der Waals surface area contributed by atoms with Gasteiger partial charge in [-0.3, -0.25) is 4.79 Å². The number of anilines is 1. The Morgan fingerprint density at radius 2 is 2.06 bits per heavy atom. The molecule has 1 aromatic carbocycles. The summed E-state index contributed by atoms with van der Waals surface area (Å²) in [5.41, 5.74) is 1.16. The van der Waals surface area contributed by atoms with Crippen LogP contribution in [0, 0.1) is 25.6 Å². The van der Waals surface area contributed by atoms with Crippen LogP contribution in [-0.4, -0.2) is 34.6 Å². The fourth-order valence-corrected chi connectivity index (χ4v) is 3.73. The SMILES string of the molecule is COc1cccc([C@]2(COc3cnc(C)nc3C)C[C@H]2C(=O)Nc2ccc(F)cn2)c1. The summed E-state index contributed by atoms with van der Waals surface area (Å²) in [5.74, 6) is 1.28. The molecule has 0 aliphatic heterocycles. The second kappa shape index (κ2) is 8.29. The van der Waals surface area contributed by atoms with Crippen LogP contribution in [0.1, 0.15) is 23.5 Å². The average Bonchev–Trinajstić information content (AvgIpc) is 3.51. The Morgan fingerprint density at radius 1 is 1.23 bits per heavy atom. The van der Waals surface area contributed by atoms with E-state index in [2.05, 4.69) is 20.3 Å². The van der Waals surface area contributed by atoms with Gasteiger partial charge < -0.3 is 14.8 Å². The highest BCUT2D eigenvalue weighted by atomic mass is 19.1. The highest BCUT2D eigenvalue weighted by Crippen LogP contribution is 2.55. The number of carbonyl (C=O) groups is 1. The Labute approximate surface area is 179 Å². The molecule has 1 saturated carbocycles. The lowest BCUT2D eigenvalue weighted by atomic mass is 9.93. The number of aryl methyl sites for hydroxylation is 2. The molecule has 7 nitrogen and oxygen atoms in total. The lowest BCUT2D eigenvalue weighted by Gasteiger charge is -2.20. The summed E-state index contributed by atoms with van der Waals surface area (Å²) >= 11 is 0. The second-order valence-electron chi connectivity index (χ2n) is 7.65. The zero-order valence-corrected chi connectivity index (χ0v) is 17.6. The van der Waals surface area contributed by atoms with Crippen molar-refractivity contribution in [3.63, 3.8) is 0 Å². The summed E-state index contributed by atoms with van der Waals surface area (Å²) in [4.78, 5) is 25.4. The number of hydrogen-bond donors (Lipinski definition) is 1. The van der Waals surface area contributed by atoms with Crippen LogP contribution < -0.4 is 14.8 Å². The molecule has 0 bridgehead atoms. The number of carbonyl (C=O) groups excluding carboxylic acids is 1. The predicted molar refractivity (Wildman–Crippen MR) is 113 cm³/mol. The van der Waals surface area contributed by atoms with Crippen LogP contribution in [0.15, 0.2) is 48.8 Å². The number of rotatable bonds is 7. The molecule has 160 valence electrons. The number of pyridine rings is 1. The van der Waals surface area contributed by atoms with Crippen molar-refractivity contribution in [2.24, 2.45) is 5.92 Å². The van der Waals surface area contributed by atoms with E-state index in [9.17, 15) is 9.18 Å². The first-order valence-electron chi connectivity index (χ1n) is 9.91. The van der Waals surface area contributed by atoms with Gasteiger partial charge >= 0.3 is 0 Å². The van der Waals surface area contributed by atoms with E-state index in [1.807, 2.05) is 38.1 Å². The van der Waals surface area contributed by atoms with Crippen molar-refractivity contribution < 1.29 is 18.7 Å². The maximum absolute atomic E-state index is 13.1. The minimum absolute atomic E-state index is 0.192. The molecule has 2 atom stereocenters. The van der Waals surface area contributed by atoms with Gasteiger partial charge in [0.1, 0.15) is 23.2 Å². The summed E-state index contributed by atoms with van der Waals surface area (Å²) in [5, 5.41) is 2.77. The first-order chi connectivity index (χ1) is 14.9. The molecule has 0 radical (unpaired) electrons. The topological polar surface area (TPSA) is 86.2 Å². The van der Waals surface area contributed by atoms with Gasteiger partial charge in [-0.15, -0.1) is 0 Å². The summed E-state index contributed by atoms with van der Waals surface area (Å²) in [7, 11) is 1.60. The molecule has 0 unspecified atom stereocenters. The maximum atomic E-state index is 13.1. The highest BCUT2D eigenvalue weighted by Gasteiger charge is 2.60. The molecule has 1 aliphatic carbocycles. The van der Waals surface area contributed by atoms with E-state index in [0.29, 0.717) is 29.6 Å². The van der Waals surface area contributed by atoms with E-state index < -0.39 is 11.2 Å². The van der Waals surface area contributed by atoms with Crippen molar-refractivity contribution in [3.05, 3.63) is 71.7 Å². The van der Waals surface area contributed by atoms with Gasteiger partial charge in [-0.1, -0.05) is 12.1 Å². The van der Waals surface area contributed by atoms with Gasteiger partial charge in [0, 0.05) is 5.41 Å². The highest BCUT2D eigenvalue weighted by molar-refractivity contribution is 5.95. The van der Waals surface area contributed by atoms with E-state index >= 15 is 0 Å². The number of nitrogens with zero attached hydrogens (tertiary/aromatic N) is 3. The zero-order chi connectivity index (χ0) is 22.0. The third-order valence-electron chi connectivity index (χ3n) is 5.56. The molecule has 8 heteroatoms. The van der Waals surface area contributed by atoms with E-state index in [1.165, 1.54) is 12.1 Å². The van der Waals surface area contributed by atoms with Crippen LogP contribution in [0.3, 0.4) is 0 Å². The van der Waals surface area contributed by atoms with Crippen molar-refractivity contribution in [1.82, 2.24) is 15.0 Å². The lowest BCUT2D eigenvalue weighted by Crippen LogP contribution is -2.27. The van der Waals surface area contributed by atoms with E-state index in [-0.39, 0.29) is 18.4 Å². The molecule has 1 N–H and O–H groups in total. The molecule has 1 fully saturated rings. The smallest absolute Gasteiger partial charge is 0.229 e. The van der Waals surface area contributed by atoms with Gasteiger partial charge in [0.15, 0.2) is 5.75 Å². The molecule has 0 spiro atoms.